The molecule has 0 rings (SSSR count). The predicted molar refractivity (Wildman–Crippen MR) is 69.9 cm³/mol. The minimum Gasteiger partial charge on any atom is -0.366 e. The molecule has 0 unspecified atom stereocenters. The van der Waals surface area contributed by atoms with Crippen LogP contribution in [0.1, 0.15) is 34.1 Å². The number of halogens is 1. The van der Waals surface area contributed by atoms with E-state index in [0.29, 0.717) is 11.1 Å². The van der Waals surface area contributed by atoms with E-state index in [1.165, 1.54) is 13.0 Å². The summed E-state index contributed by atoms with van der Waals surface area (Å²) in [7, 11) is 0. The number of hydrogen-bond donors (Lipinski definition) is 1. The smallest absolute Gasteiger partial charge is 0.248 e. The van der Waals surface area contributed by atoms with Crippen LogP contribution < -0.4 is 5.73 Å². The first kappa shape index (κ1) is 15.4. The van der Waals surface area contributed by atoms with E-state index in [2.05, 4.69) is 0 Å². The maximum atomic E-state index is 12.7. The van der Waals surface area contributed by atoms with Gasteiger partial charge < -0.3 is 5.73 Å². The van der Waals surface area contributed by atoms with Crippen molar-refractivity contribution in [2.75, 3.05) is 0 Å². The highest BCUT2D eigenvalue weighted by atomic mass is 19.1. The van der Waals surface area contributed by atoms with Crippen LogP contribution in [-0.2, 0) is 4.79 Å². The van der Waals surface area contributed by atoms with E-state index in [1.54, 1.807) is 19.1 Å². The molecule has 1 amide bonds. The molecule has 0 aromatic rings. The van der Waals surface area contributed by atoms with Gasteiger partial charge in [0.1, 0.15) is 0 Å². The molecule has 0 atom stereocenters. The number of carbonyl (C=O) groups is 1. The standard InChI is InChI=1S/C14H20FNO/c1-5-10(3)9-12(8-7-11(4)15)13(6-2)14(16)17/h6-9H,5H2,1-4H3,(H2,16,17)/b10-9+,11-7+,12-8+,13-6+. The average Bonchev–Trinajstić information content (AvgIpc) is 2.25. The van der Waals surface area contributed by atoms with Crippen molar-refractivity contribution in [3.63, 3.8) is 0 Å². The minimum atomic E-state index is -0.510. The minimum absolute atomic E-state index is 0.315. The van der Waals surface area contributed by atoms with Crippen molar-refractivity contribution in [1.82, 2.24) is 0 Å². The summed E-state index contributed by atoms with van der Waals surface area (Å²) in [5.74, 6) is -0.825. The van der Waals surface area contributed by atoms with Crippen LogP contribution in [-0.4, -0.2) is 5.91 Å². The van der Waals surface area contributed by atoms with Gasteiger partial charge in [0.25, 0.3) is 0 Å². The second-order valence-electron chi connectivity index (χ2n) is 3.79. The maximum absolute atomic E-state index is 12.7. The summed E-state index contributed by atoms with van der Waals surface area (Å²) in [6, 6.07) is 0. The van der Waals surface area contributed by atoms with Crippen LogP contribution in [0.4, 0.5) is 4.39 Å². The molecule has 17 heavy (non-hydrogen) atoms. The topological polar surface area (TPSA) is 43.1 Å². The lowest BCUT2D eigenvalue weighted by Gasteiger charge is -2.05. The summed E-state index contributed by atoms with van der Waals surface area (Å²) in [6.07, 6.45) is 7.23. The van der Waals surface area contributed by atoms with Crippen molar-refractivity contribution in [1.29, 1.82) is 0 Å². The van der Waals surface area contributed by atoms with E-state index in [1.807, 2.05) is 19.9 Å². The summed E-state index contributed by atoms with van der Waals surface area (Å²) >= 11 is 0. The predicted octanol–water partition coefficient (Wildman–Crippen LogP) is 3.57. The molecule has 0 heterocycles. The van der Waals surface area contributed by atoms with E-state index >= 15 is 0 Å². The zero-order chi connectivity index (χ0) is 13.4. The highest BCUT2D eigenvalue weighted by molar-refractivity contribution is 5.97. The van der Waals surface area contributed by atoms with E-state index in [9.17, 15) is 9.18 Å². The zero-order valence-corrected chi connectivity index (χ0v) is 10.9. The molecule has 3 heteroatoms. The Balaban J connectivity index is 5.48. The Kier molecular flexibility index (Phi) is 6.87. The fourth-order valence-corrected chi connectivity index (χ4v) is 1.24. The van der Waals surface area contributed by atoms with Crippen molar-refractivity contribution in [3.8, 4) is 0 Å². The Labute approximate surface area is 102 Å². The monoisotopic (exact) mass is 237 g/mol. The Morgan fingerprint density at radius 2 is 1.88 bits per heavy atom. The number of carbonyl (C=O) groups excluding carboxylic acids is 1. The summed E-state index contributed by atoms with van der Waals surface area (Å²) in [4.78, 5) is 11.3. The van der Waals surface area contributed by atoms with Gasteiger partial charge in [0, 0.05) is 5.57 Å². The Morgan fingerprint density at radius 3 is 2.24 bits per heavy atom. The molecule has 0 fully saturated rings. The molecule has 0 saturated heterocycles. The van der Waals surface area contributed by atoms with Gasteiger partial charge in [0.15, 0.2) is 0 Å². The van der Waals surface area contributed by atoms with E-state index in [-0.39, 0.29) is 5.83 Å². The van der Waals surface area contributed by atoms with Crippen molar-refractivity contribution in [2.45, 2.75) is 34.1 Å². The Morgan fingerprint density at radius 1 is 1.29 bits per heavy atom. The van der Waals surface area contributed by atoms with Crippen molar-refractivity contribution in [3.05, 3.63) is 46.9 Å². The Hall–Kier alpha value is -1.64. The largest absolute Gasteiger partial charge is 0.366 e. The summed E-state index contributed by atoms with van der Waals surface area (Å²) < 4.78 is 12.7. The van der Waals surface area contributed by atoms with Crippen LogP contribution in [0.2, 0.25) is 0 Å². The van der Waals surface area contributed by atoms with Gasteiger partial charge in [-0.2, -0.15) is 0 Å². The molecule has 0 spiro atoms. The SMILES string of the molecule is C\C=C(C(N)=O)/C(/C=C(\C)CC)=C/C=C(\C)F. The normalized spacial score (nSPS) is 15.1. The number of allylic oxidation sites excluding steroid dienone is 6. The van der Waals surface area contributed by atoms with E-state index in [4.69, 9.17) is 5.73 Å². The van der Waals surface area contributed by atoms with Crippen LogP contribution in [0, 0.1) is 0 Å². The van der Waals surface area contributed by atoms with Gasteiger partial charge >= 0.3 is 0 Å². The van der Waals surface area contributed by atoms with Gasteiger partial charge in [-0.15, -0.1) is 0 Å². The molecule has 2 nitrogen and oxygen atoms in total. The van der Waals surface area contributed by atoms with Crippen molar-refractivity contribution >= 4 is 5.91 Å². The fourth-order valence-electron chi connectivity index (χ4n) is 1.24. The molecular weight excluding hydrogens is 217 g/mol. The second-order valence-corrected chi connectivity index (χ2v) is 3.79. The molecule has 0 aliphatic heterocycles. The molecule has 0 bridgehead atoms. The molecule has 0 aliphatic carbocycles. The first-order chi connectivity index (χ1) is 7.92. The highest BCUT2D eigenvalue weighted by Crippen LogP contribution is 2.16. The van der Waals surface area contributed by atoms with Crippen LogP contribution in [0.3, 0.4) is 0 Å². The third-order valence-corrected chi connectivity index (χ3v) is 2.32. The molecule has 0 saturated carbocycles. The van der Waals surface area contributed by atoms with Gasteiger partial charge in [-0.3, -0.25) is 4.79 Å². The van der Waals surface area contributed by atoms with Crippen molar-refractivity contribution in [2.24, 2.45) is 5.73 Å². The third kappa shape index (κ3) is 5.85. The molecule has 0 aromatic carbocycles. The second kappa shape index (κ2) is 7.60. The van der Waals surface area contributed by atoms with E-state index in [0.717, 1.165) is 12.0 Å². The van der Waals surface area contributed by atoms with Gasteiger partial charge in [0.2, 0.25) is 5.91 Å². The quantitative estimate of drug-likeness (QED) is 0.576. The average molecular weight is 237 g/mol. The molecule has 0 radical (unpaired) electrons. The van der Waals surface area contributed by atoms with Crippen LogP contribution in [0.25, 0.3) is 0 Å². The number of primary amides is 1. The molecular formula is C14H20FNO. The van der Waals surface area contributed by atoms with Gasteiger partial charge in [-0.25, -0.2) is 4.39 Å². The van der Waals surface area contributed by atoms with Gasteiger partial charge in [-0.1, -0.05) is 30.7 Å². The lowest BCUT2D eigenvalue weighted by molar-refractivity contribution is -0.114. The van der Waals surface area contributed by atoms with Crippen LogP contribution in [0.15, 0.2) is 46.9 Å². The van der Waals surface area contributed by atoms with Gasteiger partial charge in [-0.05, 0) is 38.8 Å². The highest BCUT2D eigenvalue weighted by Gasteiger charge is 2.07. The van der Waals surface area contributed by atoms with Crippen molar-refractivity contribution < 1.29 is 9.18 Å². The molecule has 0 aliphatic rings. The number of amides is 1. The summed E-state index contributed by atoms with van der Waals surface area (Å²) in [5.41, 5.74) is 7.41. The van der Waals surface area contributed by atoms with Crippen LogP contribution in [0.5, 0.6) is 0 Å². The summed E-state index contributed by atoms with van der Waals surface area (Å²) in [5, 5.41) is 0. The molecule has 2 N–H and O–H groups in total. The molecule has 0 aromatic heterocycles. The first-order valence-corrected chi connectivity index (χ1v) is 5.60. The lowest BCUT2D eigenvalue weighted by atomic mass is 10.0. The maximum Gasteiger partial charge on any atom is 0.248 e. The third-order valence-electron chi connectivity index (χ3n) is 2.32. The zero-order valence-electron chi connectivity index (χ0n) is 10.9. The van der Waals surface area contributed by atoms with E-state index < -0.39 is 5.91 Å². The number of nitrogens with two attached hydrogens (primary N) is 1. The Bertz CT molecular complexity index is 396. The fraction of sp³-hybridized carbons (Fsp3) is 0.357. The first-order valence-electron chi connectivity index (χ1n) is 5.60. The van der Waals surface area contributed by atoms with Crippen LogP contribution >= 0.6 is 0 Å². The lowest BCUT2D eigenvalue weighted by Crippen LogP contribution is -2.15. The number of hydrogen-bond acceptors (Lipinski definition) is 1. The number of rotatable bonds is 5. The summed E-state index contributed by atoms with van der Waals surface area (Å²) in [6.45, 7) is 7.05. The van der Waals surface area contributed by atoms with Gasteiger partial charge in [0.05, 0.1) is 5.83 Å². The molecule has 94 valence electrons.